The van der Waals surface area contributed by atoms with Crippen molar-refractivity contribution in [1.82, 2.24) is 0 Å². The largest absolute Gasteiger partial charge is 0.357 e. The molecule has 2 heteroatoms. The molecule has 1 nitrogen and oxygen atoms in total. The maximum Gasteiger partial charge on any atom is 0.114 e. The molecule has 12 heavy (non-hydrogen) atoms. The summed E-state index contributed by atoms with van der Waals surface area (Å²) in [5, 5.41) is 0. The highest BCUT2D eigenvalue weighted by Crippen LogP contribution is 2.44. The molecule has 1 aromatic carbocycles. The summed E-state index contributed by atoms with van der Waals surface area (Å²) < 4.78 is 5.63. The van der Waals surface area contributed by atoms with E-state index in [0.29, 0.717) is 0 Å². The molecule has 3 rings (SSSR count). The van der Waals surface area contributed by atoms with Crippen LogP contribution in [-0.2, 0) is 4.74 Å². The van der Waals surface area contributed by atoms with Gasteiger partial charge in [-0.15, -0.1) is 0 Å². The number of hydrogen-bond acceptors (Lipinski definition) is 1. The predicted molar refractivity (Wildman–Crippen MR) is 47.5 cm³/mol. The molecular formula is C10H7BO. The van der Waals surface area contributed by atoms with Crippen molar-refractivity contribution in [2.45, 2.75) is 12.2 Å². The highest BCUT2D eigenvalue weighted by Gasteiger charge is 2.33. The van der Waals surface area contributed by atoms with Crippen LogP contribution in [0.25, 0.3) is 0 Å². The highest BCUT2D eigenvalue weighted by atomic mass is 16.5. The molecule has 56 valence electrons. The van der Waals surface area contributed by atoms with E-state index in [2.05, 4.69) is 18.2 Å². The standard InChI is InChI=1S/C10H7BO/c11-7-3-1-2-6-8-4-5-9(12-8)10(6)7/h1-5,8-9H. The van der Waals surface area contributed by atoms with Gasteiger partial charge in [-0.25, -0.2) is 0 Å². The van der Waals surface area contributed by atoms with Gasteiger partial charge in [-0.3, -0.25) is 0 Å². The molecule has 0 fully saturated rings. The Balaban J connectivity index is 2.30. The van der Waals surface area contributed by atoms with Crippen molar-refractivity contribution < 1.29 is 4.74 Å². The summed E-state index contributed by atoms with van der Waals surface area (Å²) in [5.41, 5.74) is 3.26. The monoisotopic (exact) mass is 154 g/mol. The lowest BCUT2D eigenvalue weighted by Gasteiger charge is -2.09. The Labute approximate surface area is 72.5 Å². The van der Waals surface area contributed by atoms with Crippen LogP contribution in [0.3, 0.4) is 0 Å². The van der Waals surface area contributed by atoms with E-state index < -0.39 is 0 Å². The summed E-state index contributed by atoms with van der Waals surface area (Å²) in [6.45, 7) is 0. The smallest absolute Gasteiger partial charge is 0.114 e. The molecule has 0 aliphatic carbocycles. The zero-order valence-corrected chi connectivity index (χ0v) is 6.53. The van der Waals surface area contributed by atoms with E-state index in [4.69, 9.17) is 12.6 Å². The molecule has 2 aliphatic heterocycles. The molecule has 2 atom stereocenters. The minimum absolute atomic E-state index is 0.117. The topological polar surface area (TPSA) is 9.23 Å². The third-order valence-corrected chi connectivity index (χ3v) is 2.52. The van der Waals surface area contributed by atoms with Crippen molar-refractivity contribution in [2.75, 3.05) is 0 Å². The van der Waals surface area contributed by atoms with E-state index in [-0.39, 0.29) is 12.2 Å². The Hall–Kier alpha value is -1.02. The molecule has 0 spiro atoms. The van der Waals surface area contributed by atoms with Crippen LogP contribution < -0.4 is 5.46 Å². The lowest BCUT2D eigenvalue weighted by Crippen LogP contribution is -2.12. The van der Waals surface area contributed by atoms with Crippen molar-refractivity contribution in [3.05, 3.63) is 41.5 Å². The lowest BCUT2D eigenvalue weighted by atomic mass is 9.83. The van der Waals surface area contributed by atoms with E-state index in [9.17, 15) is 0 Å². The predicted octanol–water partition coefficient (Wildman–Crippen LogP) is 1.16. The van der Waals surface area contributed by atoms with Crippen LogP contribution in [0.2, 0.25) is 0 Å². The molecule has 0 saturated heterocycles. The van der Waals surface area contributed by atoms with Crippen molar-refractivity contribution in [2.24, 2.45) is 0 Å². The molecule has 2 unspecified atom stereocenters. The van der Waals surface area contributed by atoms with Gasteiger partial charge in [0.05, 0.1) is 0 Å². The van der Waals surface area contributed by atoms with E-state index in [1.165, 1.54) is 11.1 Å². The first-order valence-corrected chi connectivity index (χ1v) is 4.08. The first kappa shape index (κ1) is 6.50. The Morgan fingerprint density at radius 1 is 1.17 bits per heavy atom. The van der Waals surface area contributed by atoms with Gasteiger partial charge in [0, 0.05) is 0 Å². The fraction of sp³-hybridized carbons (Fsp3) is 0.200. The van der Waals surface area contributed by atoms with Gasteiger partial charge >= 0.3 is 0 Å². The molecule has 0 N–H and O–H groups in total. The van der Waals surface area contributed by atoms with E-state index in [1.807, 2.05) is 12.1 Å². The minimum atomic E-state index is 0.117. The minimum Gasteiger partial charge on any atom is -0.357 e. The average molecular weight is 154 g/mol. The van der Waals surface area contributed by atoms with Gasteiger partial charge in [0.2, 0.25) is 0 Å². The second-order valence-corrected chi connectivity index (χ2v) is 3.21. The fourth-order valence-electron chi connectivity index (χ4n) is 1.97. The van der Waals surface area contributed by atoms with E-state index in [0.717, 1.165) is 5.46 Å². The van der Waals surface area contributed by atoms with Crippen molar-refractivity contribution in [3.8, 4) is 0 Å². The Morgan fingerprint density at radius 3 is 2.83 bits per heavy atom. The molecule has 0 amide bonds. The third-order valence-electron chi connectivity index (χ3n) is 2.52. The molecule has 2 aliphatic rings. The molecule has 0 aromatic heterocycles. The number of ether oxygens (including phenoxy) is 1. The van der Waals surface area contributed by atoms with Crippen molar-refractivity contribution in [3.63, 3.8) is 0 Å². The molecule has 2 bridgehead atoms. The van der Waals surface area contributed by atoms with Crippen LogP contribution in [-0.4, -0.2) is 7.85 Å². The van der Waals surface area contributed by atoms with Crippen LogP contribution in [0, 0.1) is 0 Å². The van der Waals surface area contributed by atoms with E-state index in [1.54, 1.807) is 0 Å². The summed E-state index contributed by atoms with van der Waals surface area (Å²) in [7, 11) is 5.84. The van der Waals surface area contributed by atoms with Crippen LogP contribution in [0.15, 0.2) is 30.4 Å². The van der Waals surface area contributed by atoms with Gasteiger partial charge < -0.3 is 4.74 Å². The zero-order chi connectivity index (χ0) is 8.13. The second kappa shape index (κ2) is 2.02. The van der Waals surface area contributed by atoms with E-state index >= 15 is 0 Å². The number of fused-ring (bicyclic) bond motifs is 5. The van der Waals surface area contributed by atoms with Gasteiger partial charge in [0.25, 0.3) is 0 Å². The summed E-state index contributed by atoms with van der Waals surface area (Å²) in [6.07, 6.45) is 4.44. The van der Waals surface area contributed by atoms with Crippen molar-refractivity contribution in [1.29, 1.82) is 0 Å². The Bertz CT molecular complexity index is 370. The van der Waals surface area contributed by atoms with Gasteiger partial charge in [-0.1, -0.05) is 35.8 Å². The number of benzene rings is 1. The molecule has 2 radical (unpaired) electrons. The van der Waals surface area contributed by atoms with Gasteiger partial charge in [-0.05, 0) is 11.1 Å². The Morgan fingerprint density at radius 2 is 2.00 bits per heavy atom. The normalized spacial score (nSPS) is 29.3. The fourth-order valence-corrected chi connectivity index (χ4v) is 1.97. The first-order valence-electron chi connectivity index (χ1n) is 4.08. The van der Waals surface area contributed by atoms with Crippen LogP contribution in [0.1, 0.15) is 23.3 Å². The lowest BCUT2D eigenvalue weighted by molar-refractivity contribution is 0.0881. The zero-order valence-electron chi connectivity index (χ0n) is 6.53. The second-order valence-electron chi connectivity index (χ2n) is 3.21. The van der Waals surface area contributed by atoms with Crippen LogP contribution >= 0.6 is 0 Å². The summed E-state index contributed by atoms with van der Waals surface area (Å²) in [4.78, 5) is 0. The Kier molecular flexibility index (Phi) is 1.09. The number of hydrogen-bond donors (Lipinski definition) is 0. The SMILES string of the molecule is [B]c1cccc2c1C1C=CC2O1. The maximum atomic E-state index is 5.84. The summed E-state index contributed by atoms with van der Waals surface area (Å²) in [5.74, 6) is 0. The average Bonchev–Trinajstić information content (AvgIpc) is 2.64. The molecule has 2 heterocycles. The summed E-state index contributed by atoms with van der Waals surface area (Å²) >= 11 is 0. The molecule has 0 saturated carbocycles. The van der Waals surface area contributed by atoms with Gasteiger partial charge in [0.1, 0.15) is 20.1 Å². The van der Waals surface area contributed by atoms with Gasteiger partial charge in [0.15, 0.2) is 0 Å². The quantitative estimate of drug-likeness (QED) is 0.402. The number of rotatable bonds is 0. The molecule has 1 aromatic rings. The van der Waals surface area contributed by atoms with Gasteiger partial charge in [-0.2, -0.15) is 0 Å². The third kappa shape index (κ3) is 0.637. The first-order chi connectivity index (χ1) is 5.86. The van der Waals surface area contributed by atoms with Crippen LogP contribution in [0.4, 0.5) is 0 Å². The summed E-state index contributed by atoms with van der Waals surface area (Å²) in [6, 6.07) is 5.99. The maximum absolute atomic E-state index is 5.84. The van der Waals surface area contributed by atoms with Crippen LogP contribution in [0.5, 0.6) is 0 Å². The molecular weight excluding hydrogens is 147 g/mol. The van der Waals surface area contributed by atoms with Crippen molar-refractivity contribution >= 4 is 13.3 Å². The highest BCUT2D eigenvalue weighted by molar-refractivity contribution is 6.33.